The van der Waals surface area contributed by atoms with E-state index in [1.807, 2.05) is 19.2 Å². The fourth-order valence-corrected chi connectivity index (χ4v) is 3.17. The summed E-state index contributed by atoms with van der Waals surface area (Å²) in [5.74, 6) is -0.154. The number of halogens is 1. The second kappa shape index (κ2) is 5.81. The SMILES string of the molecule is CNC(c1ccccc1F)C1(OC)CCCCC1. The van der Waals surface area contributed by atoms with Crippen molar-refractivity contribution in [2.24, 2.45) is 0 Å². The van der Waals surface area contributed by atoms with Crippen molar-refractivity contribution < 1.29 is 9.13 Å². The standard InChI is InChI=1S/C15H22FNO/c1-17-14(12-8-4-5-9-13(12)16)15(18-2)10-6-3-7-11-15/h4-5,8-9,14,17H,3,6-7,10-11H2,1-2H3. The summed E-state index contributed by atoms with van der Waals surface area (Å²) in [7, 11) is 3.63. The molecule has 1 atom stereocenters. The summed E-state index contributed by atoms with van der Waals surface area (Å²) >= 11 is 0. The minimum Gasteiger partial charge on any atom is -0.376 e. The van der Waals surface area contributed by atoms with Gasteiger partial charge in [0, 0.05) is 12.7 Å². The van der Waals surface area contributed by atoms with Crippen LogP contribution in [0.1, 0.15) is 43.7 Å². The molecule has 1 fully saturated rings. The number of nitrogens with one attached hydrogen (secondary N) is 1. The smallest absolute Gasteiger partial charge is 0.128 e. The number of benzene rings is 1. The molecule has 0 aromatic heterocycles. The zero-order valence-electron chi connectivity index (χ0n) is 11.2. The van der Waals surface area contributed by atoms with E-state index in [1.165, 1.54) is 12.5 Å². The van der Waals surface area contributed by atoms with Gasteiger partial charge in [0.25, 0.3) is 0 Å². The molecule has 1 unspecified atom stereocenters. The Balaban J connectivity index is 2.34. The van der Waals surface area contributed by atoms with E-state index in [1.54, 1.807) is 13.2 Å². The van der Waals surface area contributed by atoms with Crippen molar-refractivity contribution in [3.63, 3.8) is 0 Å². The predicted molar refractivity (Wildman–Crippen MR) is 71.0 cm³/mol. The lowest BCUT2D eigenvalue weighted by Gasteiger charge is -2.42. The Kier molecular flexibility index (Phi) is 4.36. The van der Waals surface area contributed by atoms with Gasteiger partial charge in [0.2, 0.25) is 0 Å². The number of methoxy groups -OCH3 is 1. The molecule has 1 aliphatic rings. The zero-order chi connectivity index (χ0) is 13.0. The van der Waals surface area contributed by atoms with E-state index >= 15 is 0 Å². The molecule has 1 saturated carbocycles. The molecule has 1 aliphatic carbocycles. The number of ether oxygens (including phenoxy) is 1. The maximum absolute atomic E-state index is 14.0. The second-order valence-electron chi connectivity index (χ2n) is 5.07. The van der Waals surface area contributed by atoms with Gasteiger partial charge >= 0.3 is 0 Å². The number of likely N-dealkylation sites (N-methyl/N-ethyl adjacent to an activating group) is 1. The molecule has 18 heavy (non-hydrogen) atoms. The highest BCUT2D eigenvalue weighted by atomic mass is 19.1. The van der Waals surface area contributed by atoms with Crippen molar-refractivity contribution >= 4 is 0 Å². The molecule has 0 amide bonds. The molecule has 0 aliphatic heterocycles. The van der Waals surface area contributed by atoms with Gasteiger partial charge in [0.1, 0.15) is 5.82 Å². The van der Waals surface area contributed by atoms with Crippen LogP contribution in [0.2, 0.25) is 0 Å². The number of hydrogen-bond donors (Lipinski definition) is 1. The third-order valence-corrected chi connectivity index (χ3v) is 4.14. The molecular weight excluding hydrogens is 229 g/mol. The van der Waals surface area contributed by atoms with Crippen LogP contribution in [0.15, 0.2) is 24.3 Å². The summed E-state index contributed by atoms with van der Waals surface area (Å²) in [5, 5.41) is 3.26. The molecule has 0 saturated heterocycles. The normalized spacial score (nSPS) is 20.6. The van der Waals surface area contributed by atoms with Crippen molar-refractivity contribution in [2.75, 3.05) is 14.2 Å². The molecule has 3 heteroatoms. The summed E-state index contributed by atoms with van der Waals surface area (Å²) in [6.45, 7) is 0. The lowest BCUT2D eigenvalue weighted by Crippen LogP contribution is -2.46. The highest BCUT2D eigenvalue weighted by Gasteiger charge is 2.41. The van der Waals surface area contributed by atoms with Gasteiger partial charge in [0.15, 0.2) is 0 Å². The van der Waals surface area contributed by atoms with Gasteiger partial charge in [-0.05, 0) is 26.0 Å². The van der Waals surface area contributed by atoms with E-state index < -0.39 is 0 Å². The number of rotatable bonds is 4. The average Bonchev–Trinajstić information content (AvgIpc) is 2.43. The molecule has 0 heterocycles. The Morgan fingerprint density at radius 1 is 1.22 bits per heavy atom. The Morgan fingerprint density at radius 3 is 2.44 bits per heavy atom. The first-order chi connectivity index (χ1) is 8.73. The molecule has 2 rings (SSSR count). The monoisotopic (exact) mass is 251 g/mol. The van der Waals surface area contributed by atoms with Gasteiger partial charge in [-0.1, -0.05) is 37.5 Å². The molecule has 0 spiro atoms. The first kappa shape index (κ1) is 13.5. The first-order valence-corrected chi connectivity index (χ1v) is 6.70. The van der Waals surface area contributed by atoms with Crippen molar-refractivity contribution in [3.8, 4) is 0 Å². The van der Waals surface area contributed by atoms with Gasteiger partial charge in [-0.25, -0.2) is 4.39 Å². The highest BCUT2D eigenvalue weighted by Crippen LogP contribution is 2.41. The van der Waals surface area contributed by atoms with Crippen molar-refractivity contribution in [3.05, 3.63) is 35.6 Å². The average molecular weight is 251 g/mol. The van der Waals surface area contributed by atoms with E-state index in [4.69, 9.17) is 4.74 Å². The van der Waals surface area contributed by atoms with E-state index in [2.05, 4.69) is 5.32 Å². The molecule has 0 radical (unpaired) electrons. The Bertz CT molecular complexity index is 388. The van der Waals surface area contributed by atoms with Gasteiger partial charge in [-0.3, -0.25) is 0 Å². The van der Waals surface area contributed by atoms with Crippen LogP contribution in [0.5, 0.6) is 0 Å². The van der Waals surface area contributed by atoms with Crippen LogP contribution >= 0.6 is 0 Å². The van der Waals surface area contributed by atoms with Crippen molar-refractivity contribution in [1.29, 1.82) is 0 Å². The third kappa shape index (κ3) is 2.43. The fourth-order valence-electron chi connectivity index (χ4n) is 3.17. The van der Waals surface area contributed by atoms with Crippen molar-refractivity contribution in [1.82, 2.24) is 5.32 Å². The molecule has 1 aromatic carbocycles. The molecule has 100 valence electrons. The fraction of sp³-hybridized carbons (Fsp3) is 0.600. The zero-order valence-corrected chi connectivity index (χ0v) is 11.2. The molecule has 2 nitrogen and oxygen atoms in total. The van der Waals surface area contributed by atoms with Crippen LogP contribution in [0.4, 0.5) is 4.39 Å². The minimum atomic E-state index is -0.269. The quantitative estimate of drug-likeness (QED) is 0.885. The number of hydrogen-bond acceptors (Lipinski definition) is 2. The Morgan fingerprint density at radius 2 is 1.89 bits per heavy atom. The van der Waals surface area contributed by atoms with Crippen LogP contribution in [0.25, 0.3) is 0 Å². The van der Waals surface area contributed by atoms with Crippen LogP contribution in [-0.2, 0) is 4.74 Å². The van der Waals surface area contributed by atoms with Gasteiger partial charge in [-0.15, -0.1) is 0 Å². The van der Waals surface area contributed by atoms with E-state index in [-0.39, 0.29) is 17.5 Å². The molecule has 0 bridgehead atoms. The molecule has 1 aromatic rings. The van der Waals surface area contributed by atoms with Crippen LogP contribution in [0.3, 0.4) is 0 Å². The lowest BCUT2D eigenvalue weighted by molar-refractivity contribution is -0.0678. The summed E-state index contributed by atoms with van der Waals surface area (Å²) in [5.41, 5.74) is 0.443. The topological polar surface area (TPSA) is 21.3 Å². The second-order valence-corrected chi connectivity index (χ2v) is 5.07. The maximum Gasteiger partial charge on any atom is 0.128 e. The van der Waals surface area contributed by atoms with Crippen molar-refractivity contribution in [2.45, 2.75) is 43.7 Å². The van der Waals surface area contributed by atoms with Crippen LogP contribution in [0, 0.1) is 5.82 Å². The predicted octanol–water partition coefficient (Wildman–Crippen LogP) is 3.44. The van der Waals surface area contributed by atoms with E-state index in [9.17, 15) is 4.39 Å². The summed E-state index contributed by atoms with van der Waals surface area (Å²) in [6, 6.07) is 6.91. The van der Waals surface area contributed by atoms with E-state index in [0.717, 1.165) is 25.7 Å². The minimum absolute atomic E-state index is 0.0796. The maximum atomic E-state index is 14.0. The Hall–Kier alpha value is -0.930. The van der Waals surface area contributed by atoms with Gasteiger partial charge < -0.3 is 10.1 Å². The Labute approximate surface area is 109 Å². The van der Waals surface area contributed by atoms with Crippen LogP contribution < -0.4 is 5.32 Å². The van der Waals surface area contributed by atoms with Crippen LogP contribution in [-0.4, -0.2) is 19.8 Å². The van der Waals surface area contributed by atoms with Gasteiger partial charge in [0.05, 0.1) is 11.6 Å². The molecule has 1 N–H and O–H groups in total. The summed E-state index contributed by atoms with van der Waals surface area (Å²) in [4.78, 5) is 0. The summed E-state index contributed by atoms with van der Waals surface area (Å²) in [6.07, 6.45) is 5.53. The van der Waals surface area contributed by atoms with Gasteiger partial charge in [-0.2, -0.15) is 0 Å². The summed E-state index contributed by atoms with van der Waals surface area (Å²) < 4.78 is 19.8. The molecular formula is C15H22FNO. The first-order valence-electron chi connectivity index (χ1n) is 6.70. The highest BCUT2D eigenvalue weighted by molar-refractivity contribution is 5.24. The third-order valence-electron chi connectivity index (χ3n) is 4.14. The largest absolute Gasteiger partial charge is 0.376 e. The van der Waals surface area contributed by atoms with E-state index in [0.29, 0.717) is 5.56 Å². The lowest BCUT2D eigenvalue weighted by atomic mass is 9.76.